The van der Waals surface area contributed by atoms with Gasteiger partial charge in [-0.2, -0.15) is 0 Å². The molecular formula is C22H24N6O5. The number of anilines is 1. The summed E-state index contributed by atoms with van der Waals surface area (Å²) in [5.74, 6) is -0.633. The van der Waals surface area contributed by atoms with E-state index in [1.54, 1.807) is 12.3 Å². The summed E-state index contributed by atoms with van der Waals surface area (Å²) in [5.41, 5.74) is 6.29. The predicted molar refractivity (Wildman–Crippen MR) is 121 cm³/mol. The number of allylic oxidation sites excluding steroid dienone is 1. The molecule has 0 aliphatic rings. The number of H-pyrrole nitrogens is 1. The Labute approximate surface area is 188 Å². The van der Waals surface area contributed by atoms with Crippen molar-refractivity contribution in [1.29, 1.82) is 0 Å². The summed E-state index contributed by atoms with van der Waals surface area (Å²) < 4.78 is 5.97. The molecule has 0 saturated heterocycles. The molecule has 0 aliphatic carbocycles. The van der Waals surface area contributed by atoms with E-state index in [4.69, 9.17) is 5.73 Å². The number of aromatic nitrogens is 3. The number of ether oxygens (including phenoxy) is 1. The predicted octanol–water partition coefficient (Wildman–Crippen LogP) is 1.26. The molecule has 3 amide bonds. The van der Waals surface area contributed by atoms with E-state index < -0.39 is 29.5 Å². The summed E-state index contributed by atoms with van der Waals surface area (Å²) >= 11 is 0. The van der Waals surface area contributed by atoms with E-state index in [0.717, 1.165) is 11.0 Å². The lowest BCUT2D eigenvalue weighted by atomic mass is 10.1. The normalized spacial score (nSPS) is 11.9. The number of methoxy groups -OCH3 is 1. The zero-order valence-corrected chi connectivity index (χ0v) is 17.9. The molecule has 0 aliphatic heterocycles. The van der Waals surface area contributed by atoms with Crippen LogP contribution in [0.1, 0.15) is 18.7 Å². The molecule has 5 N–H and O–H groups in total. The van der Waals surface area contributed by atoms with Crippen LogP contribution in [0, 0.1) is 0 Å². The molecule has 11 nitrogen and oxygen atoms in total. The highest BCUT2D eigenvalue weighted by Crippen LogP contribution is 2.11. The van der Waals surface area contributed by atoms with Crippen LogP contribution in [-0.2, 0) is 20.9 Å². The fourth-order valence-electron chi connectivity index (χ4n) is 3.15. The number of benzene rings is 1. The number of nitrogens with two attached hydrogens (primary N) is 1. The Morgan fingerprint density at radius 1 is 1.24 bits per heavy atom. The van der Waals surface area contributed by atoms with Crippen molar-refractivity contribution in [2.45, 2.75) is 25.4 Å². The van der Waals surface area contributed by atoms with E-state index in [1.165, 1.54) is 29.9 Å². The molecule has 172 valence electrons. The number of carbonyl (C=O) groups excluding carboxylic acids is 3. The number of primary amides is 1. The highest BCUT2D eigenvalue weighted by atomic mass is 16.5. The topological polar surface area (TPSA) is 161 Å². The van der Waals surface area contributed by atoms with Gasteiger partial charge in [-0.25, -0.2) is 9.78 Å². The first-order valence-corrected chi connectivity index (χ1v) is 10.1. The minimum absolute atomic E-state index is 0.0444. The van der Waals surface area contributed by atoms with Crippen molar-refractivity contribution in [1.82, 2.24) is 19.9 Å². The Morgan fingerprint density at radius 3 is 2.76 bits per heavy atom. The monoisotopic (exact) mass is 452 g/mol. The summed E-state index contributed by atoms with van der Waals surface area (Å²) in [6.45, 7) is 0.180. The lowest BCUT2D eigenvalue weighted by Crippen LogP contribution is -2.44. The van der Waals surface area contributed by atoms with Crippen molar-refractivity contribution >= 4 is 34.6 Å². The van der Waals surface area contributed by atoms with Gasteiger partial charge in [0, 0.05) is 6.20 Å². The zero-order chi connectivity index (χ0) is 23.8. The standard InChI is InChI=1S/C22H24N6O5/c1-33-22(32)27-16(9-4-5-11-18(23)29)20(30)26-17-10-6-12-28(21(17)31)13-19-24-14-7-2-3-8-15(14)25-19/h2-3,5-8,10-12,16H,4,9,13H2,1H3,(H2,23,29)(H,24,25)(H,26,30)(H,27,32)/b11-5+/t16-/m0/s1. The van der Waals surface area contributed by atoms with Gasteiger partial charge in [0.15, 0.2) is 0 Å². The summed E-state index contributed by atoms with van der Waals surface area (Å²) in [6.07, 6.45) is 3.89. The zero-order valence-electron chi connectivity index (χ0n) is 17.9. The van der Waals surface area contributed by atoms with Crippen LogP contribution in [0.3, 0.4) is 0 Å². The molecule has 0 bridgehead atoms. The van der Waals surface area contributed by atoms with Crippen molar-refractivity contribution in [2.75, 3.05) is 12.4 Å². The molecule has 0 radical (unpaired) electrons. The average molecular weight is 452 g/mol. The number of alkyl carbamates (subject to hydrolysis) is 1. The molecule has 11 heteroatoms. The molecular weight excluding hydrogens is 428 g/mol. The highest BCUT2D eigenvalue weighted by molar-refractivity contribution is 5.96. The number of nitrogens with zero attached hydrogens (tertiary/aromatic N) is 2. The van der Waals surface area contributed by atoms with Crippen molar-refractivity contribution in [2.24, 2.45) is 5.73 Å². The minimum atomic E-state index is -1.00. The second kappa shape index (κ2) is 10.8. The number of aromatic amines is 1. The third-order valence-electron chi connectivity index (χ3n) is 4.73. The fraction of sp³-hybridized carbons (Fsp3) is 0.227. The third kappa shape index (κ3) is 6.29. The Morgan fingerprint density at radius 2 is 2.03 bits per heavy atom. The van der Waals surface area contributed by atoms with E-state index in [1.807, 2.05) is 24.3 Å². The van der Waals surface area contributed by atoms with Crippen LogP contribution in [0.5, 0.6) is 0 Å². The summed E-state index contributed by atoms with van der Waals surface area (Å²) in [7, 11) is 1.17. The molecule has 3 aromatic rings. The molecule has 0 fully saturated rings. The molecule has 33 heavy (non-hydrogen) atoms. The minimum Gasteiger partial charge on any atom is -0.453 e. The van der Waals surface area contributed by atoms with Gasteiger partial charge in [0.25, 0.3) is 5.56 Å². The maximum absolute atomic E-state index is 12.9. The van der Waals surface area contributed by atoms with Gasteiger partial charge in [-0.3, -0.25) is 14.4 Å². The third-order valence-corrected chi connectivity index (χ3v) is 4.73. The van der Waals surface area contributed by atoms with Crippen LogP contribution in [0.2, 0.25) is 0 Å². The molecule has 0 saturated carbocycles. The lowest BCUT2D eigenvalue weighted by molar-refractivity contribution is -0.118. The van der Waals surface area contributed by atoms with Crippen molar-refractivity contribution in [3.05, 3.63) is 70.9 Å². The Balaban J connectivity index is 1.74. The Kier molecular flexibility index (Phi) is 7.58. The Hall–Kier alpha value is -4.41. The highest BCUT2D eigenvalue weighted by Gasteiger charge is 2.22. The summed E-state index contributed by atoms with van der Waals surface area (Å²) in [5, 5.41) is 4.97. The molecule has 2 heterocycles. The SMILES string of the molecule is COC(=O)N[C@@H](CC/C=C/C(N)=O)C(=O)Nc1cccn(Cc2nc3ccccc3[nH]2)c1=O. The van der Waals surface area contributed by atoms with Gasteiger partial charge in [0.05, 0.1) is 24.7 Å². The molecule has 3 rings (SSSR count). The van der Waals surface area contributed by atoms with Crippen LogP contribution in [0.15, 0.2) is 59.5 Å². The number of pyridine rings is 1. The lowest BCUT2D eigenvalue weighted by Gasteiger charge is -2.17. The molecule has 0 spiro atoms. The fourth-order valence-corrected chi connectivity index (χ4v) is 3.15. The van der Waals surface area contributed by atoms with E-state index in [-0.39, 0.29) is 25.1 Å². The average Bonchev–Trinajstić information content (AvgIpc) is 3.20. The summed E-state index contributed by atoms with van der Waals surface area (Å²) in [6, 6.07) is 9.60. The first-order chi connectivity index (χ1) is 15.9. The quantitative estimate of drug-likeness (QED) is 0.357. The van der Waals surface area contributed by atoms with Crippen LogP contribution < -0.4 is 21.9 Å². The Bertz CT molecular complexity index is 1210. The number of hydrogen-bond donors (Lipinski definition) is 4. The molecule has 1 aromatic carbocycles. The van der Waals surface area contributed by atoms with Crippen molar-refractivity contribution < 1.29 is 19.1 Å². The van der Waals surface area contributed by atoms with Crippen LogP contribution in [-0.4, -0.2) is 45.6 Å². The number of para-hydroxylation sites is 2. The number of fused-ring (bicyclic) bond motifs is 1. The van der Waals surface area contributed by atoms with Crippen LogP contribution >= 0.6 is 0 Å². The number of amides is 3. The van der Waals surface area contributed by atoms with Gasteiger partial charge in [-0.15, -0.1) is 0 Å². The molecule has 1 atom stereocenters. The van der Waals surface area contributed by atoms with E-state index in [2.05, 4.69) is 25.3 Å². The van der Waals surface area contributed by atoms with Gasteiger partial charge >= 0.3 is 6.09 Å². The van der Waals surface area contributed by atoms with Crippen molar-refractivity contribution in [3.8, 4) is 0 Å². The van der Waals surface area contributed by atoms with Gasteiger partial charge < -0.3 is 30.7 Å². The largest absolute Gasteiger partial charge is 0.453 e. The van der Waals surface area contributed by atoms with Gasteiger partial charge in [0.2, 0.25) is 11.8 Å². The van der Waals surface area contributed by atoms with Crippen LogP contribution in [0.4, 0.5) is 10.5 Å². The summed E-state index contributed by atoms with van der Waals surface area (Å²) in [4.78, 5) is 55.7. The molecule has 2 aromatic heterocycles. The number of nitrogens with one attached hydrogen (secondary N) is 3. The van der Waals surface area contributed by atoms with E-state index >= 15 is 0 Å². The maximum Gasteiger partial charge on any atom is 0.407 e. The number of carbonyl (C=O) groups is 3. The molecule has 0 unspecified atom stereocenters. The van der Waals surface area contributed by atoms with Gasteiger partial charge in [0.1, 0.15) is 17.6 Å². The number of rotatable bonds is 9. The number of hydrogen-bond acceptors (Lipinski definition) is 6. The number of imidazole rings is 1. The maximum atomic E-state index is 12.9. The van der Waals surface area contributed by atoms with Gasteiger partial charge in [-0.1, -0.05) is 18.2 Å². The van der Waals surface area contributed by atoms with Gasteiger partial charge in [-0.05, 0) is 43.2 Å². The smallest absolute Gasteiger partial charge is 0.407 e. The van der Waals surface area contributed by atoms with E-state index in [0.29, 0.717) is 5.82 Å². The first-order valence-electron chi connectivity index (χ1n) is 10.1. The van der Waals surface area contributed by atoms with Crippen molar-refractivity contribution in [3.63, 3.8) is 0 Å². The second-order valence-electron chi connectivity index (χ2n) is 7.12. The van der Waals surface area contributed by atoms with Crippen LogP contribution in [0.25, 0.3) is 11.0 Å². The second-order valence-corrected chi connectivity index (χ2v) is 7.12. The van der Waals surface area contributed by atoms with E-state index in [9.17, 15) is 19.2 Å². The first kappa shape index (κ1) is 23.3.